The first kappa shape index (κ1) is 6.62. The van der Waals surface area contributed by atoms with E-state index in [4.69, 9.17) is 5.73 Å². The van der Waals surface area contributed by atoms with Crippen LogP contribution in [0.3, 0.4) is 0 Å². The first-order valence-corrected chi connectivity index (χ1v) is 4.19. The second-order valence-electron chi connectivity index (χ2n) is 4.11. The first-order chi connectivity index (χ1) is 4.72. The molecule has 2 rings (SSSR count). The third kappa shape index (κ3) is 0.722. The van der Waals surface area contributed by atoms with Gasteiger partial charge in [0.15, 0.2) is 0 Å². The summed E-state index contributed by atoms with van der Waals surface area (Å²) in [5, 5.41) is 3.44. The van der Waals surface area contributed by atoms with E-state index in [1.54, 1.807) is 0 Å². The highest BCUT2D eigenvalue weighted by Gasteiger charge is 2.45. The summed E-state index contributed by atoms with van der Waals surface area (Å²) >= 11 is 0. The standard InChI is InChI=1S/C8H16N2/c1-8-3-2-6(7(8)9)4-10-5-8/h6-7,10H,2-5,9H2,1H3. The molecule has 1 saturated carbocycles. The predicted molar refractivity (Wildman–Crippen MR) is 41.7 cm³/mol. The van der Waals surface area contributed by atoms with Crippen molar-refractivity contribution < 1.29 is 0 Å². The Hall–Kier alpha value is -0.0800. The van der Waals surface area contributed by atoms with Crippen molar-refractivity contribution in [3.63, 3.8) is 0 Å². The average molecular weight is 140 g/mol. The number of nitrogens with one attached hydrogen (secondary N) is 1. The van der Waals surface area contributed by atoms with E-state index in [0.717, 1.165) is 19.0 Å². The van der Waals surface area contributed by atoms with Crippen molar-refractivity contribution in [3.8, 4) is 0 Å². The monoisotopic (exact) mass is 140 g/mol. The predicted octanol–water partition coefficient (Wildman–Crippen LogP) is 0.333. The van der Waals surface area contributed by atoms with Crippen LogP contribution in [0.2, 0.25) is 0 Å². The van der Waals surface area contributed by atoms with E-state index in [1.165, 1.54) is 12.8 Å². The zero-order valence-corrected chi connectivity index (χ0v) is 6.56. The topological polar surface area (TPSA) is 38.0 Å². The van der Waals surface area contributed by atoms with Gasteiger partial charge >= 0.3 is 0 Å². The number of hydrogen-bond donors (Lipinski definition) is 2. The molecule has 1 heterocycles. The van der Waals surface area contributed by atoms with Crippen molar-refractivity contribution in [1.82, 2.24) is 5.32 Å². The Bertz CT molecular complexity index is 142. The lowest BCUT2D eigenvalue weighted by Gasteiger charge is -2.36. The second-order valence-corrected chi connectivity index (χ2v) is 4.11. The second kappa shape index (κ2) is 1.95. The Morgan fingerprint density at radius 1 is 1.60 bits per heavy atom. The highest BCUT2D eigenvalue weighted by Crippen LogP contribution is 2.42. The van der Waals surface area contributed by atoms with Crippen molar-refractivity contribution >= 4 is 0 Å². The average Bonchev–Trinajstić information content (AvgIpc) is 2.18. The number of rotatable bonds is 0. The van der Waals surface area contributed by atoms with Crippen molar-refractivity contribution in [2.24, 2.45) is 17.1 Å². The van der Waals surface area contributed by atoms with Gasteiger partial charge in [0.1, 0.15) is 0 Å². The summed E-state index contributed by atoms with van der Waals surface area (Å²) in [7, 11) is 0. The number of piperidine rings is 1. The highest BCUT2D eigenvalue weighted by atomic mass is 15.0. The quantitative estimate of drug-likeness (QED) is 0.509. The summed E-state index contributed by atoms with van der Waals surface area (Å²) in [6, 6.07) is 0.466. The number of hydrogen-bond acceptors (Lipinski definition) is 2. The molecule has 3 unspecified atom stereocenters. The van der Waals surface area contributed by atoms with Gasteiger partial charge in [0, 0.05) is 12.6 Å². The molecule has 2 aliphatic rings. The molecule has 0 amide bonds. The first-order valence-electron chi connectivity index (χ1n) is 4.19. The fourth-order valence-corrected chi connectivity index (χ4v) is 2.41. The lowest BCUT2D eigenvalue weighted by molar-refractivity contribution is 0.213. The molecule has 58 valence electrons. The smallest absolute Gasteiger partial charge is 0.0146 e. The lowest BCUT2D eigenvalue weighted by atomic mass is 9.81. The van der Waals surface area contributed by atoms with E-state index in [9.17, 15) is 0 Å². The zero-order chi connectivity index (χ0) is 7.19. The van der Waals surface area contributed by atoms with E-state index < -0.39 is 0 Å². The van der Waals surface area contributed by atoms with Gasteiger partial charge in [0.2, 0.25) is 0 Å². The van der Waals surface area contributed by atoms with Crippen LogP contribution in [0.1, 0.15) is 19.8 Å². The molecule has 0 aromatic heterocycles. The molecule has 2 heteroatoms. The SMILES string of the molecule is CC12CCC(CNC1)C2N. The van der Waals surface area contributed by atoms with Gasteiger partial charge in [-0.05, 0) is 30.7 Å². The van der Waals surface area contributed by atoms with Crippen LogP contribution in [0.25, 0.3) is 0 Å². The molecule has 1 aliphatic carbocycles. The largest absolute Gasteiger partial charge is 0.327 e. The van der Waals surface area contributed by atoms with Gasteiger partial charge in [-0.2, -0.15) is 0 Å². The zero-order valence-electron chi connectivity index (χ0n) is 6.56. The Balaban J connectivity index is 2.21. The molecule has 1 aliphatic heterocycles. The van der Waals surface area contributed by atoms with E-state index in [1.807, 2.05) is 0 Å². The summed E-state index contributed by atoms with van der Waals surface area (Å²) in [6.45, 7) is 4.59. The Labute approximate surface area is 62.2 Å². The van der Waals surface area contributed by atoms with Crippen molar-refractivity contribution in [2.75, 3.05) is 13.1 Å². The van der Waals surface area contributed by atoms with E-state index >= 15 is 0 Å². The lowest BCUT2D eigenvalue weighted by Crippen LogP contribution is -2.52. The number of fused-ring (bicyclic) bond motifs is 2. The van der Waals surface area contributed by atoms with Crippen LogP contribution in [0.15, 0.2) is 0 Å². The van der Waals surface area contributed by atoms with Crippen LogP contribution in [-0.4, -0.2) is 19.1 Å². The van der Waals surface area contributed by atoms with Crippen LogP contribution in [-0.2, 0) is 0 Å². The molecule has 0 aromatic rings. The minimum absolute atomic E-state index is 0.420. The maximum absolute atomic E-state index is 6.08. The molecule has 0 spiro atoms. The summed E-state index contributed by atoms with van der Waals surface area (Å²) in [6.07, 6.45) is 2.66. The summed E-state index contributed by atoms with van der Waals surface area (Å²) in [5.74, 6) is 0.763. The van der Waals surface area contributed by atoms with Gasteiger partial charge in [0.25, 0.3) is 0 Å². The van der Waals surface area contributed by atoms with Gasteiger partial charge in [-0.25, -0.2) is 0 Å². The molecular formula is C8H16N2. The minimum Gasteiger partial charge on any atom is -0.327 e. The van der Waals surface area contributed by atoms with Crippen molar-refractivity contribution in [2.45, 2.75) is 25.8 Å². The van der Waals surface area contributed by atoms with Crippen LogP contribution >= 0.6 is 0 Å². The normalized spacial score (nSPS) is 53.4. The van der Waals surface area contributed by atoms with Crippen LogP contribution in [0.4, 0.5) is 0 Å². The van der Waals surface area contributed by atoms with Crippen LogP contribution in [0, 0.1) is 11.3 Å². The Morgan fingerprint density at radius 3 is 3.00 bits per heavy atom. The molecule has 2 fully saturated rings. The third-order valence-corrected chi connectivity index (χ3v) is 3.33. The maximum atomic E-state index is 6.08. The van der Waals surface area contributed by atoms with Crippen LogP contribution in [0.5, 0.6) is 0 Å². The van der Waals surface area contributed by atoms with Gasteiger partial charge in [0.05, 0.1) is 0 Å². The number of nitrogens with two attached hydrogens (primary N) is 1. The summed E-state index contributed by atoms with van der Waals surface area (Å²) in [5.41, 5.74) is 6.50. The Morgan fingerprint density at radius 2 is 2.40 bits per heavy atom. The van der Waals surface area contributed by atoms with E-state index in [2.05, 4.69) is 12.2 Å². The van der Waals surface area contributed by atoms with E-state index in [0.29, 0.717) is 11.5 Å². The minimum atomic E-state index is 0.420. The van der Waals surface area contributed by atoms with Crippen molar-refractivity contribution in [1.29, 1.82) is 0 Å². The van der Waals surface area contributed by atoms with Crippen molar-refractivity contribution in [3.05, 3.63) is 0 Å². The maximum Gasteiger partial charge on any atom is 0.0146 e. The molecule has 3 N–H and O–H groups in total. The van der Waals surface area contributed by atoms with Gasteiger partial charge < -0.3 is 11.1 Å². The van der Waals surface area contributed by atoms with Crippen LogP contribution < -0.4 is 11.1 Å². The molecule has 10 heavy (non-hydrogen) atoms. The third-order valence-electron chi connectivity index (χ3n) is 3.33. The summed E-state index contributed by atoms with van der Waals surface area (Å²) in [4.78, 5) is 0. The molecular weight excluding hydrogens is 124 g/mol. The Kier molecular flexibility index (Phi) is 1.29. The molecule has 2 nitrogen and oxygen atoms in total. The molecule has 3 atom stereocenters. The summed E-state index contributed by atoms with van der Waals surface area (Å²) < 4.78 is 0. The van der Waals surface area contributed by atoms with Gasteiger partial charge in [-0.3, -0.25) is 0 Å². The molecule has 0 radical (unpaired) electrons. The molecule has 2 bridgehead atoms. The van der Waals surface area contributed by atoms with Gasteiger partial charge in [-0.1, -0.05) is 6.92 Å². The fraction of sp³-hybridized carbons (Fsp3) is 1.00. The van der Waals surface area contributed by atoms with E-state index in [-0.39, 0.29) is 0 Å². The fourth-order valence-electron chi connectivity index (χ4n) is 2.41. The van der Waals surface area contributed by atoms with Gasteiger partial charge in [-0.15, -0.1) is 0 Å². The molecule has 1 saturated heterocycles. The molecule has 0 aromatic carbocycles. The highest BCUT2D eigenvalue weighted by molar-refractivity contribution is 5.02.